The topological polar surface area (TPSA) is 3.24 Å². The SMILES string of the molecule is CC1CC(C)C(N2CCCC2)C1. The summed E-state index contributed by atoms with van der Waals surface area (Å²) < 4.78 is 0. The van der Waals surface area contributed by atoms with Gasteiger partial charge in [-0.1, -0.05) is 13.8 Å². The van der Waals surface area contributed by atoms with Crippen molar-refractivity contribution in [3.8, 4) is 0 Å². The lowest BCUT2D eigenvalue weighted by Crippen LogP contribution is -2.34. The number of nitrogens with zero attached hydrogens (tertiary/aromatic N) is 1. The van der Waals surface area contributed by atoms with Gasteiger partial charge in [-0.05, 0) is 50.6 Å². The normalized spacial score (nSPS) is 44.0. The molecule has 2 aliphatic rings. The summed E-state index contributed by atoms with van der Waals surface area (Å²) in [6.45, 7) is 7.60. The molecule has 1 saturated heterocycles. The Kier molecular flexibility index (Phi) is 2.40. The van der Waals surface area contributed by atoms with Crippen LogP contribution in [0.15, 0.2) is 0 Å². The molecule has 1 aliphatic heterocycles. The van der Waals surface area contributed by atoms with Crippen LogP contribution in [-0.4, -0.2) is 24.0 Å². The van der Waals surface area contributed by atoms with Crippen molar-refractivity contribution in [1.29, 1.82) is 0 Å². The van der Waals surface area contributed by atoms with Crippen LogP contribution < -0.4 is 0 Å². The number of likely N-dealkylation sites (tertiary alicyclic amines) is 1. The van der Waals surface area contributed by atoms with Crippen molar-refractivity contribution < 1.29 is 0 Å². The lowest BCUT2D eigenvalue weighted by Gasteiger charge is -2.26. The van der Waals surface area contributed by atoms with Crippen LogP contribution in [0.4, 0.5) is 0 Å². The molecule has 3 unspecified atom stereocenters. The van der Waals surface area contributed by atoms with Gasteiger partial charge in [0, 0.05) is 6.04 Å². The molecule has 1 heterocycles. The Morgan fingerprint density at radius 1 is 1.00 bits per heavy atom. The van der Waals surface area contributed by atoms with E-state index in [1.165, 1.54) is 38.8 Å². The Labute approximate surface area is 76.1 Å². The molecule has 3 atom stereocenters. The third-order valence-corrected chi connectivity index (χ3v) is 3.68. The fourth-order valence-electron chi connectivity index (χ4n) is 3.11. The minimum Gasteiger partial charge on any atom is -0.300 e. The van der Waals surface area contributed by atoms with Crippen LogP contribution in [0.1, 0.15) is 39.5 Å². The first-order valence-corrected chi connectivity index (χ1v) is 5.51. The molecular formula is C11H21N. The second-order valence-corrected chi connectivity index (χ2v) is 4.86. The molecule has 1 nitrogen and oxygen atoms in total. The van der Waals surface area contributed by atoms with Crippen molar-refractivity contribution in [1.82, 2.24) is 4.90 Å². The molecular weight excluding hydrogens is 146 g/mol. The summed E-state index contributed by atoms with van der Waals surface area (Å²) in [4.78, 5) is 2.73. The predicted octanol–water partition coefficient (Wildman–Crippen LogP) is 2.52. The standard InChI is InChI=1S/C11H21N/c1-9-7-10(2)11(8-9)12-5-3-4-6-12/h9-11H,3-8H2,1-2H3. The van der Waals surface area contributed by atoms with Gasteiger partial charge in [0.25, 0.3) is 0 Å². The molecule has 0 amide bonds. The zero-order valence-corrected chi connectivity index (χ0v) is 8.42. The number of hydrogen-bond acceptors (Lipinski definition) is 1. The molecule has 0 bridgehead atoms. The molecule has 0 aromatic heterocycles. The maximum absolute atomic E-state index is 2.73. The van der Waals surface area contributed by atoms with Crippen molar-refractivity contribution in [2.45, 2.75) is 45.6 Å². The van der Waals surface area contributed by atoms with E-state index >= 15 is 0 Å². The molecule has 0 aromatic rings. The van der Waals surface area contributed by atoms with Crippen LogP contribution in [-0.2, 0) is 0 Å². The van der Waals surface area contributed by atoms with Crippen molar-refractivity contribution in [2.75, 3.05) is 13.1 Å². The highest BCUT2D eigenvalue weighted by Crippen LogP contribution is 2.35. The molecule has 1 aliphatic carbocycles. The van der Waals surface area contributed by atoms with Crippen LogP contribution >= 0.6 is 0 Å². The molecule has 1 heteroatoms. The van der Waals surface area contributed by atoms with Crippen molar-refractivity contribution in [3.63, 3.8) is 0 Å². The van der Waals surface area contributed by atoms with E-state index in [9.17, 15) is 0 Å². The molecule has 70 valence electrons. The van der Waals surface area contributed by atoms with Crippen molar-refractivity contribution in [2.24, 2.45) is 11.8 Å². The van der Waals surface area contributed by atoms with E-state index in [2.05, 4.69) is 18.7 Å². The minimum absolute atomic E-state index is 0.933. The lowest BCUT2D eigenvalue weighted by atomic mass is 10.1. The highest BCUT2D eigenvalue weighted by atomic mass is 15.2. The Morgan fingerprint density at radius 2 is 1.67 bits per heavy atom. The predicted molar refractivity (Wildman–Crippen MR) is 52.2 cm³/mol. The summed E-state index contributed by atoms with van der Waals surface area (Å²) in [5, 5.41) is 0. The average Bonchev–Trinajstić information content (AvgIpc) is 2.58. The second kappa shape index (κ2) is 3.37. The minimum atomic E-state index is 0.933. The molecule has 2 rings (SSSR count). The van der Waals surface area contributed by atoms with Gasteiger partial charge < -0.3 is 4.90 Å². The first-order chi connectivity index (χ1) is 5.77. The Morgan fingerprint density at radius 3 is 2.17 bits per heavy atom. The quantitative estimate of drug-likeness (QED) is 0.580. The van der Waals surface area contributed by atoms with E-state index < -0.39 is 0 Å². The van der Waals surface area contributed by atoms with Gasteiger partial charge in [-0.25, -0.2) is 0 Å². The summed E-state index contributed by atoms with van der Waals surface area (Å²) in [5.74, 6) is 1.93. The molecule has 12 heavy (non-hydrogen) atoms. The van der Waals surface area contributed by atoms with Crippen LogP contribution in [0.2, 0.25) is 0 Å². The zero-order valence-electron chi connectivity index (χ0n) is 8.42. The Bertz CT molecular complexity index is 149. The van der Waals surface area contributed by atoms with Crippen LogP contribution in [0.5, 0.6) is 0 Å². The number of rotatable bonds is 1. The van der Waals surface area contributed by atoms with E-state index in [1.807, 2.05) is 0 Å². The summed E-state index contributed by atoms with van der Waals surface area (Å²) in [6.07, 6.45) is 5.80. The lowest BCUT2D eigenvalue weighted by molar-refractivity contribution is 0.204. The van der Waals surface area contributed by atoms with Gasteiger partial charge in [0.1, 0.15) is 0 Å². The van der Waals surface area contributed by atoms with Gasteiger partial charge in [0.15, 0.2) is 0 Å². The van der Waals surface area contributed by atoms with Crippen molar-refractivity contribution >= 4 is 0 Å². The van der Waals surface area contributed by atoms with Gasteiger partial charge in [0.05, 0.1) is 0 Å². The van der Waals surface area contributed by atoms with Crippen LogP contribution in [0, 0.1) is 11.8 Å². The fraction of sp³-hybridized carbons (Fsp3) is 1.00. The van der Waals surface area contributed by atoms with E-state index in [0.717, 1.165) is 17.9 Å². The Hall–Kier alpha value is -0.0400. The van der Waals surface area contributed by atoms with Gasteiger partial charge >= 0.3 is 0 Å². The van der Waals surface area contributed by atoms with Gasteiger partial charge in [-0.15, -0.1) is 0 Å². The van der Waals surface area contributed by atoms with Crippen LogP contribution in [0.25, 0.3) is 0 Å². The maximum atomic E-state index is 2.73. The Balaban J connectivity index is 1.94. The molecule has 0 aromatic carbocycles. The highest BCUT2D eigenvalue weighted by Gasteiger charge is 2.33. The molecule has 1 saturated carbocycles. The van der Waals surface area contributed by atoms with E-state index in [-0.39, 0.29) is 0 Å². The van der Waals surface area contributed by atoms with E-state index in [1.54, 1.807) is 0 Å². The summed E-state index contributed by atoms with van der Waals surface area (Å²) in [7, 11) is 0. The first-order valence-electron chi connectivity index (χ1n) is 5.51. The fourth-order valence-corrected chi connectivity index (χ4v) is 3.11. The van der Waals surface area contributed by atoms with Crippen molar-refractivity contribution in [3.05, 3.63) is 0 Å². The zero-order chi connectivity index (χ0) is 8.55. The number of hydrogen-bond donors (Lipinski definition) is 0. The molecule has 2 fully saturated rings. The maximum Gasteiger partial charge on any atom is 0.0123 e. The summed E-state index contributed by atoms with van der Waals surface area (Å²) >= 11 is 0. The van der Waals surface area contributed by atoms with E-state index in [0.29, 0.717) is 0 Å². The summed E-state index contributed by atoms with van der Waals surface area (Å²) in [5.41, 5.74) is 0. The van der Waals surface area contributed by atoms with Gasteiger partial charge in [-0.2, -0.15) is 0 Å². The third-order valence-electron chi connectivity index (χ3n) is 3.68. The smallest absolute Gasteiger partial charge is 0.0123 e. The highest BCUT2D eigenvalue weighted by molar-refractivity contribution is 4.87. The molecule has 0 spiro atoms. The average molecular weight is 167 g/mol. The summed E-state index contributed by atoms with van der Waals surface area (Å²) in [6, 6.07) is 0.933. The van der Waals surface area contributed by atoms with Gasteiger partial charge in [-0.3, -0.25) is 0 Å². The van der Waals surface area contributed by atoms with Gasteiger partial charge in [0.2, 0.25) is 0 Å². The molecule has 0 radical (unpaired) electrons. The third kappa shape index (κ3) is 1.52. The molecule has 0 N–H and O–H groups in total. The van der Waals surface area contributed by atoms with Crippen LogP contribution in [0.3, 0.4) is 0 Å². The van der Waals surface area contributed by atoms with E-state index in [4.69, 9.17) is 0 Å². The first kappa shape index (κ1) is 8.55. The largest absolute Gasteiger partial charge is 0.300 e. The monoisotopic (exact) mass is 167 g/mol. The second-order valence-electron chi connectivity index (χ2n) is 4.86.